The van der Waals surface area contributed by atoms with Crippen LogP contribution in [0, 0.1) is 11.7 Å². The van der Waals surface area contributed by atoms with Crippen molar-refractivity contribution < 1.29 is 14.0 Å². The van der Waals surface area contributed by atoms with Gasteiger partial charge >= 0.3 is 0 Å². The van der Waals surface area contributed by atoms with Gasteiger partial charge in [0.15, 0.2) is 0 Å². The Bertz CT molecular complexity index is 859. The lowest BCUT2D eigenvalue weighted by Gasteiger charge is -2.40. The first-order valence-electron chi connectivity index (χ1n) is 10.7. The number of hydrogen-bond acceptors (Lipinski definition) is 4. The molecule has 1 saturated carbocycles. The van der Waals surface area contributed by atoms with Crippen LogP contribution in [0.4, 0.5) is 4.39 Å². The van der Waals surface area contributed by atoms with Crippen LogP contribution in [0.2, 0.25) is 0 Å². The number of nitrogens with one attached hydrogen (secondary N) is 1. The molecule has 5 nitrogen and oxygen atoms in total. The van der Waals surface area contributed by atoms with Gasteiger partial charge in [-0.2, -0.15) is 0 Å². The van der Waals surface area contributed by atoms with Gasteiger partial charge in [-0.05, 0) is 36.3 Å². The highest BCUT2D eigenvalue weighted by molar-refractivity contribution is 7.12. The summed E-state index contributed by atoms with van der Waals surface area (Å²) in [5, 5.41) is 4.89. The molecular weight excluding hydrogens is 401 g/mol. The van der Waals surface area contributed by atoms with Gasteiger partial charge < -0.3 is 10.2 Å². The summed E-state index contributed by atoms with van der Waals surface area (Å²) in [7, 11) is 0. The lowest BCUT2D eigenvalue weighted by atomic mass is 9.95. The molecule has 1 aliphatic carbocycles. The molecule has 2 aliphatic rings. The number of benzene rings is 1. The fraction of sp³-hybridized carbons (Fsp3) is 0.478. The highest BCUT2D eigenvalue weighted by Crippen LogP contribution is 2.31. The Morgan fingerprint density at radius 1 is 1.07 bits per heavy atom. The Morgan fingerprint density at radius 3 is 2.47 bits per heavy atom. The molecule has 1 aromatic carbocycles. The number of hydrogen-bond donors (Lipinski definition) is 1. The summed E-state index contributed by atoms with van der Waals surface area (Å²) in [4.78, 5) is 30.7. The highest BCUT2D eigenvalue weighted by Gasteiger charge is 2.37. The summed E-state index contributed by atoms with van der Waals surface area (Å²) in [5.74, 6) is 0.0790. The molecule has 2 heterocycles. The van der Waals surface area contributed by atoms with E-state index in [-0.39, 0.29) is 30.2 Å². The number of carbonyl (C=O) groups excluding carboxylic acids is 2. The van der Waals surface area contributed by atoms with Gasteiger partial charge in [-0.25, -0.2) is 4.39 Å². The summed E-state index contributed by atoms with van der Waals surface area (Å²) < 4.78 is 13.9. The van der Waals surface area contributed by atoms with E-state index in [0.29, 0.717) is 37.7 Å². The minimum Gasteiger partial charge on any atom is -0.351 e. The lowest BCUT2D eigenvalue weighted by Crippen LogP contribution is -2.57. The van der Waals surface area contributed by atoms with Gasteiger partial charge in [-0.1, -0.05) is 37.1 Å². The molecule has 0 unspecified atom stereocenters. The molecule has 1 aliphatic heterocycles. The fourth-order valence-electron chi connectivity index (χ4n) is 4.64. The maximum atomic E-state index is 13.9. The first-order valence-corrected chi connectivity index (χ1v) is 11.6. The maximum absolute atomic E-state index is 13.9. The van der Waals surface area contributed by atoms with E-state index in [0.717, 1.165) is 30.6 Å². The summed E-state index contributed by atoms with van der Waals surface area (Å²) in [5.41, 5.74) is 0.502. The van der Waals surface area contributed by atoms with E-state index < -0.39 is 0 Å². The molecule has 1 aromatic heterocycles. The van der Waals surface area contributed by atoms with Crippen molar-refractivity contribution in [2.75, 3.05) is 26.2 Å². The second-order valence-corrected chi connectivity index (χ2v) is 9.05. The number of carbonyl (C=O) groups is 2. The molecule has 4 rings (SSSR count). The van der Waals surface area contributed by atoms with E-state index in [1.54, 1.807) is 18.2 Å². The molecule has 0 bridgehead atoms. The zero-order valence-corrected chi connectivity index (χ0v) is 17.9. The van der Waals surface area contributed by atoms with Gasteiger partial charge in [0.2, 0.25) is 5.91 Å². The largest absolute Gasteiger partial charge is 0.351 e. The van der Waals surface area contributed by atoms with Crippen LogP contribution in [0.25, 0.3) is 0 Å². The van der Waals surface area contributed by atoms with E-state index in [9.17, 15) is 14.0 Å². The van der Waals surface area contributed by atoms with Crippen molar-refractivity contribution in [3.8, 4) is 0 Å². The van der Waals surface area contributed by atoms with Crippen molar-refractivity contribution in [1.29, 1.82) is 0 Å². The minimum atomic E-state index is -0.295. The Labute approximate surface area is 180 Å². The van der Waals surface area contributed by atoms with E-state index in [4.69, 9.17) is 0 Å². The SMILES string of the molecule is O=C(NCc1ccccc1F)[C@@H](C1CCCC1)N1CCN(C(=O)c2cccs2)CC1. The van der Waals surface area contributed by atoms with Crippen LogP contribution in [0.1, 0.15) is 40.9 Å². The molecule has 1 N–H and O–H groups in total. The fourth-order valence-corrected chi connectivity index (χ4v) is 5.33. The van der Waals surface area contributed by atoms with Gasteiger partial charge in [0.05, 0.1) is 10.9 Å². The average molecular weight is 430 g/mol. The lowest BCUT2D eigenvalue weighted by molar-refractivity contribution is -0.129. The van der Waals surface area contributed by atoms with Gasteiger partial charge in [0.1, 0.15) is 5.82 Å². The zero-order chi connectivity index (χ0) is 20.9. The van der Waals surface area contributed by atoms with Crippen molar-refractivity contribution in [2.24, 2.45) is 5.92 Å². The number of amides is 2. The van der Waals surface area contributed by atoms with Crippen molar-refractivity contribution in [3.63, 3.8) is 0 Å². The maximum Gasteiger partial charge on any atom is 0.264 e. The molecule has 2 fully saturated rings. The van der Waals surface area contributed by atoms with Gasteiger partial charge in [-0.3, -0.25) is 14.5 Å². The monoisotopic (exact) mass is 429 g/mol. The molecular formula is C23H28FN3O2S. The quantitative estimate of drug-likeness (QED) is 0.765. The van der Waals surface area contributed by atoms with E-state index in [1.165, 1.54) is 17.4 Å². The van der Waals surface area contributed by atoms with Crippen LogP contribution in [0.3, 0.4) is 0 Å². The summed E-state index contributed by atoms with van der Waals surface area (Å²) in [6.45, 7) is 2.82. The predicted molar refractivity (Wildman–Crippen MR) is 116 cm³/mol. The molecule has 30 heavy (non-hydrogen) atoms. The van der Waals surface area contributed by atoms with E-state index >= 15 is 0 Å². The van der Waals surface area contributed by atoms with Crippen LogP contribution in [0.15, 0.2) is 41.8 Å². The standard InChI is InChI=1S/C23H28FN3O2S/c24-19-9-4-3-8-18(19)16-25-22(28)21(17-6-1-2-7-17)26-11-13-27(14-12-26)23(29)20-10-5-15-30-20/h3-5,8-10,15,17,21H,1-2,6-7,11-14,16H2,(H,25,28)/t21-/m1/s1. The molecule has 0 spiro atoms. The Hall–Kier alpha value is -2.25. The van der Waals surface area contributed by atoms with Gasteiger partial charge in [0, 0.05) is 38.3 Å². The molecule has 2 amide bonds. The number of halogens is 1. The number of rotatable bonds is 6. The second-order valence-electron chi connectivity index (χ2n) is 8.10. The topological polar surface area (TPSA) is 52.7 Å². The normalized spacial score (nSPS) is 19.0. The first-order chi connectivity index (χ1) is 14.6. The highest BCUT2D eigenvalue weighted by atomic mass is 32.1. The Morgan fingerprint density at radius 2 is 1.80 bits per heavy atom. The molecule has 0 radical (unpaired) electrons. The van der Waals surface area contributed by atoms with Crippen LogP contribution >= 0.6 is 11.3 Å². The third kappa shape index (κ3) is 4.73. The number of piperazine rings is 1. The molecule has 1 saturated heterocycles. The van der Waals surface area contributed by atoms with Crippen LogP contribution in [-0.2, 0) is 11.3 Å². The van der Waals surface area contributed by atoms with Crippen molar-refractivity contribution >= 4 is 23.2 Å². The molecule has 7 heteroatoms. The predicted octanol–water partition coefficient (Wildman–Crippen LogP) is 3.52. The van der Waals surface area contributed by atoms with Crippen LogP contribution in [0.5, 0.6) is 0 Å². The smallest absolute Gasteiger partial charge is 0.264 e. The molecule has 160 valence electrons. The van der Waals surface area contributed by atoms with Crippen molar-refractivity contribution in [3.05, 3.63) is 58.0 Å². The Kier molecular flexibility index (Phi) is 6.79. The molecule has 2 aromatic rings. The van der Waals surface area contributed by atoms with Crippen LogP contribution < -0.4 is 5.32 Å². The number of thiophene rings is 1. The third-order valence-electron chi connectivity index (χ3n) is 6.25. The summed E-state index contributed by atoms with van der Waals surface area (Å²) in [6, 6.07) is 10.1. The van der Waals surface area contributed by atoms with E-state index in [2.05, 4.69) is 10.2 Å². The van der Waals surface area contributed by atoms with Gasteiger partial charge in [0.25, 0.3) is 5.91 Å². The first kappa shape index (κ1) is 21.0. The van der Waals surface area contributed by atoms with E-state index in [1.807, 2.05) is 22.4 Å². The van der Waals surface area contributed by atoms with Crippen LogP contribution in [-0.4, -0.2) is 53.8 Å². The summed E-state index contributed by atoms with van der Waals surface area (Å²) >= 11 is 1.46. The molecule has 1 atom stereocenters. The van der Waals surface area contributed by atoms with Crippen molar-refractivity contribution in [2.45, 2.75) is 38.3 Å². The third-order valence-corrected chi connectivity index (χ3v) is 7.11. The number of nitrogens with zero attached hydrogens (tertiary/aromatic N) is 2. The second kappa shape index (κ2) is 9.71. The van der Waals surface area contributed by atoms with Gasteiger partial charge in [-0.15, -0.1) is 11.3 Å². The van der Waals surface area contributed by atoms with Crippen molar-refractivity contribution in [1.82, 2.24) is 15.1 Å². The average Bonchev–Trinajstić information content (AvgIpc) is 3.48. The minimum absolute atomic E-state index is 0.0248. The summed E-state index contributed by atoms with van der Waals surface area (Å²) in [6.07, 6.45) is 4.40. The zero-order valence-electron chi connectivity index (χ0n) is 17.1. The Balaban J connectivity index is 1.39.